The van der Waals surface area contributed by atoms with E-state index in [0.717, 1.165) is 43.7 Å². The number of ether oxygens (including phenoxy) is 1. The predicted octanol–water partition coefficient (Wildman–Crippen LogP) is 5.25. The van der Waals surface area contributed by atoms with Gasteiger partial charge in [0.2, 0.25) is 0 Å². The molecule has 4 unspecified atom stereocenters. The quantitative estimate of drug-likeness (QED) is 0.180. The molecule has 9 heteroatoms. The summed E-state index contributed by atoms with van der Waals surface area (Å²) < 4.78 is 5.79. The molecule has 2 saturated heterocycles. The number of non-ortho nitro benzene ring substituents is 1. The first-order valence-corrected chi connectivity index (χ1v) is 14.9. The second kappa shape index (κ2) is 13.9. The van der Waals surface area contributed by atoms with Crippen LogP contribution in [0, 0.1) is 16.0 Å². The highest BCUT2D eigenvalue weighted by atomic mass is 16.6. The molecule has 2 N–H and O–H groups in total. The van der Waals surface area contributed by atoms with Crippen molar-refractivity contribution in [3.8, 4) is 0 Å². The highest BCUT2D eigenvalue weighted by Gasteiger charge is 2.47. The third-order valence-electron chi connectivity index (χ3n) is 8.68. The zero-order valence-corrected chi connectivity index (χ0v) is 24.4. The number of nitrogens with one attached hydrogen (secondary N) is 1. The summed E-state index contributed by atoms with van der Waals surface area (Å²) in [6.07, 6.45) is 3.32. The molecule has 5 rings (SSSR count). The summed E-state index contributed by atoms with van der Waals surface area (Å²) in [5.74, 6) is 0.00777. The first kappa shape index (κ1) is 30.4. The molecule has 0 saturated carbocycles. The van der Waals surface area contributed by atoms with Gasteiger partial charge in [0.1, 0.15) is 11.7 Å². The number of piperidine rings is 1. The summed E-state index contributed by atoms with van der Waals surface area (Å²) >= 11 is 0. The minimum atomic E-state index is -0.972. The topological polar surface area (TPSA) is 108 Å². The number of rotatable bonds is 11. The van der Waals surface area contributed by atoms with Gasteiger partial charge in [0.25, 0.3) is 5.69 Å². The highest BCUT2D eigenvalue weighted by molar-refractivity contribution is 5.67. The molecular formula is C34H40N4O5. The molecule has 2 aliphatic rings. The maximum atomic E-state index is 12.6. The normalized spacial score (nSPS) is 24.3. The van der Waals surface area contributed by atoms with E-state index in [9.17, 15) is 20.0 Å². The number of alkyl carbamates (subject to hydrolysis) is 1. The lowest BCUT2D eigenvalue weighted by atomic mass is 9.82. The number of hydrogen-bond acceptors (Lipinski definition) is 7. The Labute approximate surface area is 252 Å². The maximum Gasteiger partial charge on any atom is 0.407 e. The molecule has 0 bridgehead atoms. The molecule has 43 heavy (non-hydrogen) atoms. The molecule has 9 nitrogen and oxygen atoms in total. The van der Waals surface area contributed by atoms with Crippen LogP contribution in [0.15, 0.2) is 97.6 Å². The molecule has 2 fully saturated rings. The SMILES string of the molecule is C=CCC1CC(OC(=O)NCc2ccc([N+](=O)[O-])cc2)CCN1CC1CN(Cc2ccccc2)CC1(O)c1ccccc1. The third-order valence-corrected chi connectivity index (χ3v) is 8.68. The molecule has 2 heterocycles. The molecule has 4 atom stereocenters. The van der Waals surface area contributed by atoms with Gasteiger partial charge in [-0.3, -0.25) is 19.9 Å². The van der Waals surface area contributed by atoms with Crippen LogP contribution in [0.25, 0.3) is 0 Å². The van der Waals surface area contributed by atoms with Crippen LogP contribution >= 0.6 is 0 Å². The zero-order chi connectivity index (χ0) is 30.2. The number of nitrogens with zero attached hydrogens (tertiary/aromatic N) is 3. The number of nitro benzene ring substituents is 1. The molecular weight excluding hydrogens is 544 g/mol. The van der Waals surface area contributed by atoms with Crippen LogP contribution < -0.4 is 5.32 Å². The van der Waals surface area contributed by atoms with Gasteiger partial charge in [0.05, 0.1) is 4.92 Å². The lowest BCUT2D eigenvalue weighted by molar-refractivity contribution is -0.384. The molecule has 3 aromatic carbocycles. The molecule has 226 valence electrons. The number of benzene rings is 3. The van der Waals surface area contributed by atoms with Crippen molar-refractivity contribution >= 4 is 11.8 Å². The van der Waals surface area contributed by atoms with Gasteiger partial charge < -0.3 is 15.2 Å². The van der Waals surface area contributed by atoms with E-state index in [4.69, 9.17) is 4.74 Å². The number of hydrogen-bond donors (Lipinski definition) is 2. The molecule has 3 aromatic rings. The molecule has 0 aliphatic carbocycles. The summed E-state index contributed by atoms with van der Waals surface area (Å²) in [4.78, 5) is 27.8. The number of aliphatic hydroxyl groups is 1. The molecule has 1 amide bonds. The average Bonchev–Trinajstić information content (AvgIpc) is 3.33. The summed E-state index contributed by atoms with van der Waals surface area (Å²) in [7, 11) is 0. The number of nitro groups is 1. The lowest BCUT2D eigenvalue weighted by Crippen LogP contribution is -2.50. The van der Waals surface area contributed by atoms with E-state index in [-0.39, 0.29) is 30.3 Å². The number of carbonyl (C=O) groups is 1. The summed E-state index contributed by atoms with van der Waals surface area (Å²) in [5, 5.41) is 25.8. The zero-order valence-electron chi connectivity index (χ0n) is 24.4. The third kappa shape index (κ3) is 7.67. The fourth-order valence-corrected chi connectivity index (χ4v) is 6.46. The van der Waals surface area contributed by atoms with Crippen LogP contribution in [-0.4, -0.2) is 64.2 Å². The Kier molecular flexibility index (Phi) is 9.86. The second-order valence-electron chi connectivity index (χ2n) is 11.6. The van der Waals surface area contributed by atoms with Crippen LogP contribution in [0.1, 0.15) is 36.0 Å². The predicted molar refractivity (Wildman–Crippen MR) is 165 cm³/mol. The van der Waals surface area contributed by atoms with Crippen molar-refractivity contribution in [1.29, 1.82) is 0 Å². The fourth-order valence-electron chi connectivity index (χ4n) is 6.46. The van der Waals surface area contributed by atoms with Crippen LogP contribution in [-0.2, 0) is 23.4 Å². The van der Waals surface area contributed by atoms with Crippen molar-refractivity contribution in [1.82, 2.24) is 15.1 Å². The smallest absolute Gasteiger partial charge is 0.407 e. The van der Waals surface area contributed by atoms with E-state index in [0.29, 0.717) is 19.4 Å². The first-order chi connectivity index (χ1) is 20.8. The second-order valence-corrected chi connectivity index (χ2v) is 11.6. The van der Waals surface area contributed by atoms with Gasteiger partial charge in [0, 0.05) is 69.8 Å². The van der Waals surface area contributed by atoms with Gasteiger partial charge in [0.15, 0.2) is 0 Å². The van der Waals surface area contributed by atoms with Crippen molar-refractivity contribution in [2.24, 2.45) is 5.92 Å². The summed E-state index contributed by atoms with van der Waals surface area (Å²) in [5.41, 5.74) is 1.97. The molecule has 0 spiro atoms. The Morgan fingerprint density at radius 3 is 2.44 bits per heavy atom. The minimum absolute atomic E-state index is 0.00777. The van der Waals surface area contributed by atoms with E-state index < -0.39 is 16.6 Å². The molecule has 2 aliphatic heterocycles. The van der Waals surface area contributed by atoms with Gasteiger partial charge in [-0.25, -0.2) is 4.79 Å². The van der Waals surface area contributed by atoms with Crippen molar-refractivity contribution in [3.63, 3.8) is 0 Å². The fraction of sp³-hybridized carbons (Fsp3) is 0.382. The van der Waals surface area contributed by atoms with Crippen LogP contribution in [0.2, 0.25) is 0 Å². The largest absolute Gasteiger partial charge is 0.446 e. The maximum absolute atomic E-state index is 12.6. The van der Waals surface area contributed by atoms with E-state index in [1.165, 1.54) is 17.7 Å². The monoisotopic (exact) mass is 584 g/mol. The Morgan fingerprint density at radius 1 is 1.07 bits per heavy atom. The number of likely N-dealkylation sites (tertiary alicyclic amines) is 2. The Balaban J connectivity index is 1.20. The van der Waals surface area contributed by atoms with Gasteiger partial charge >= 0.3 is 6.09 Å². The van der Waals surface area contributed by atoms with Gasteiger partial charge in [-0.05, 0) is 29.5 Å². The van der Waals surface area contributed by atoms with Crippen LogP contribution in [0.5, 0.6) is 0 Å². The van der Waals surface area contributed by atoms with E-state index in [1.54, 1.807) is 12.1 Å². The summed E-state index contributed by atoms with van der Waals surface area (Å²) in [6, 6.07) is 26.6. The van der Waals surface area contributed by atoms with E-state index >= 15 is 0 Å². The standard InChI is InChI=1S/C34H40N4O5/c1-2-9-31-20-32(43-33(39)35-21-26-14-16-30(17-15-26)38(41)42)18-19-37(31)24-29-23-36(22-27-10-5-3-6-11-27)25-34(29,40)28-12-7-4-8-13-28/h2-8,10-17,29,31-32,40H,1,9,18-25H2,(H,35,39). The Bertz CT molecular complexity index is 1370. The number of β-amino-alcohol motifs (C(OH)–C–C–N with tert-alkyl or cyclic N) is 1. The number of carbonyl (C=O) groups excluding carboxylic acids is 1. The van der Waals surface area contributed by atoms with E-state index in [1.807, 2.05) is 54.6 Å². The van der Waals surface area contributed by atoms with E-state index in [2.05, 4.69) is 33.8 Å². The number of amides is 1. The Morgan fingerprint density at radius 2 is 1.77 bits per heavy atom. The Hall–Kier alpha value is -4.05. The van der Waals surface area contributed by atoms with Gasteiger partial charge in [-0.2, -0.15) is 0 Å². The minimum Gasteiger partial charge on any atom is -0.446 e. The molecule has 0 aromatic heterocycles. The van der Waals surface area contributed by atoms with Crippen molar-refractivity contribution in [3.05, 3.63) is 124 Å². The van der Waals surface area contributed by atoms with Crippen molar-refractivity contribution < 1.29 is 19.6 Å². The first-order valence-electron chi connectivity index (χ1n) is 14.9. The molecule has 0 radical (unpaired) electrons. The van der Waals surface area contributed by atoms with Gasteiger partial charge in [-0.15, -0.1) is 6.58 Å². The highest BCUT2D eigenvalue weighted by Crippen LogP contribution is 2.39. The lowest BCUT2D eigenvalue weighted by Gasteiger charge is -2.42. The van der Waals surface area contributed by atoms with Crippen molar-refractivity contribution in [2.75, 3.05) is 26.2 Å². The van der Waals surface area contributed by atoms with Crippen LogP contribution in [0.3, 0.4) is 0 Å². The van der Waals surface area contributed by atoms with Gasteiger partial charge in [-0.1, -0.05) is 78.9 Å². The average molecular weight is 585 g/mol. The van der Waals surface area contributed by atoms with Crippen LogP contribution in [0.4, 0.5) is 10.5 Å². The summed E-state index contributed by atoms with van der Waals surface area (Å²) in [6.45, 7) is 7.81. The van der Waals surface area contributed by atoms with Crippen molar-refractivity contribution in [2.45, 2.75) is 50.1 Å².